The van der Waals surface area contributed by atoms with Gasteiger partial charge in [0.05, 0.1) is 0 Å². The summed E-state index contributed by atoms with van der Waals surface area (Å²) in [5, 5.41) is 6.30. The van der Waals surface area contributed by atoms with Crippen LogP contribution < -0.4 is 10.6 Å². The SMILES string of the molecule is CCc1ccc(Nc2cccc(NC)n2)cc1. The van der Waals surface area contributed by atoms with Crippen molar-refractivity contribution in [2.45, 2.75) is 13.3 Å². The fourth-order valence-electron chi connectivity index (χ4n) is 1.62. The molecule has 0 fully saturated rings. The molecule has 1 aromatic heterocycles. The van der Waals surface area contributed by atoms with Crippen LogP contribution in [-0.4, -0.2) is 12.0 Å². The fourth-order valence-corrected chi connectivity index (χ4v) is 1.62. The Morgan fingerprint density at radius 1 is 1.00 bits per heavy atom. The lowest BCUT2D eigenvalue weighted by Gasteiger charge is -2.07. The molecule has 2 rings (SSSR count). The Labute approximate surface area is 102 Å². The first-order valence-electron chi connectivity index (χ1n) is 5.82. The molecule has 0 radical (unpaired) electrons. The molecule has 88 valence electrons. The van der Waals surface area contributed by atoms with Gasteiger partial charge in [-0.05, 0) is 36.2 Å². The van der Waals surface area contributed by atoms with Gasteiger partial charge in [0.15, 0.2) is 0 Å². The van der Waals surface area contributed by atoms with Crippen LogP contribution in [0, 0.1) is 0 Å². The topological polar surface area (TPSA) is 37.0 Å². The Bertz CT molecular complexity index is 477. The lowest BCUT2D eigenvalue weighted by Crippen LogP contribution is -1.97. The first kappa shape index (κ1) is 11.5. The molecule has 3 heteroatoms. The Kier molecular flexibility index (Phi) is 3.60. The van der Waals surface area contributed by atoms with E-state index in [2.05, 4.69) is 46.8 Å². The number of benzene rings is 1. The summed E-state index contributed by atoms with van der Waals surface area (Å²) in [5.41, 5.74) is 2.40. The van der Waals surface area contributed by atoms with Crippen molar-refractivity contribution in [3.63, 3.8) is 0 Å². The Hall–Kier alpha value is -2.03. The second kappa shape index (κ2) is 5.34. The minimum Gasteiger partial charge on any atom is -0.373 e. The maximum atomic E-state index is 4.41. The van der Waals surface area contributed by atoms with Gasteiger partial charge in [-0.2, -0.15) is 0 Å². The molecule has 3 nitrogen and oxygen atoms in total. The van der Waals surface area contributed by atoms with E-state index in [9.17, 15) is 0 Å². The molecule has 0 aliphatic rings. The van der Waals surface area contributed by atoms with Crippen LogP contribution in [0.2, 0.25) is 0 Å². The molecule has 2 aromatic rings. The number of aromatic nitrogens is 1. The third-order valence-corrected chi connectivity index (χ3v) is 2.64. The van der Waals surface area contributed by atoms with Crippen LogP contribution in [0.15, 0.2) is 42.5 Å². The van der Waals surface area contributed by atoms with Crippen LogP contribution in [0.5, 0.6) is 0 Å². The molecule has 17 heavy (non-hydrogen) atoms. The van der Waals surface area contributed by atoms with Gasteiger partial charge in [-0.25, -0.2) is 4.98 Å². The highest BCUT2D eigenvalue weighted by molar-refractivity contribution is 5.58. The van der Waals surface area contributed by atoms with E-state index in [4.69, 9.17) is 0 Å². The number of rotatable bonds is 4. The summed E-state index contributed by atoms with van der Waals surface area (Å²) < 4.78 is 0. The van der Waals surface area contributed by atoms with Crippen molar-refractivity contribution in [2.24, 2.45) is 0 Å². The molecule has 2 N–H and O–H groups in total. The van der Waals surface area contributed by atoms with Crippen LogP contribution in [0.4, 0.5) is 17.3 Å². The lowest BCUT2D eigenvalue weighted by atomic mass is 10.1. The van der Waals surface area contributed by atoms with E-state index in [1.54, 1.807) is 0 Å². The fraction of sp³-hybridized carbons (Fsp3) is 0.214. The number of nitrogens with one attached hydrogen (secondary N) is 2. The quantitative estimate of drug-likeness (QED) is 0.840. The predicted octanol–water partition coefficient (Wildman–Crippen LogP) is 3.43. The van der Waals surface area contributed by atoms with Crippen molar-refractivity contribution in [1.82, 2.24) is 4.98 Å². The zero-order valence-electron chi connectivity index (χ0n) is 10.2. The standard InChI is InChI=1S/C14H17N3/c1-3-11-7-9-12(10-8-11)16-14-6-4-5-13(15-2)17-14/h4-10H,3H2,1-2H3,(H2,15,16,17). The molecular weight excluding hydrogens is 210 g/mol. The third-order valence-electron chi connectivity index (χ3n) is 2.64. The van der Waals surface area contributed by atoms with Gasteiger partial charge in [0.2, 0.25) is 0 Å². The van der Waals surface area contributed by atoms with Gasteiger partial charge in [-0.15, -0.1) is 0 Å². The Morgan fingerprint density at radius 2 is 1.71 bits per heavy atom. The van der Waals surface area contributed by atoms with Gasteiger partial charge in [0, 0.05) is 12.7 Å². The predicted molar refractivity (Wildman–Crippen MR) is 72.9 cm³/mol. The molecule has 0 aliphatic carbocycles. The van der Waals surface area contributed by atoms with E-state index in [-0.39, 0.29) is 0 Å². The van der Waals surface area contributed by atoms with Crippen LogP contribution in [0.1, 0.15) is 12.5 Å². The highest BCUT2D eigenvalue weighted by atomic mass is 15.0. The zero-order chi connectivity index (χ0) is 12.1. The molecule has 0 saturated carbocycles. The van der Waals surface area contributed by atoms with Crippen LogP contribution >= 0.6 is 0 Å². The minimum atomic E-state index is 0.848. The molecule has 0 atom stereocenters. The molecule has 0 bridgehead atoms. The summed E-state index contributed by atoms with van der Waals surface area (Å²) in [6.07, 6.45) is 1.06. The van der Waals surface area contributed by atoms with E-state index in [1.165, 1.54) is 5.56 Å². The monoisotopic (exact) mass is 227 g/mol. The summed E-state index contributed by atoms with van der Waals surface area (Å²) in [7, 11) is 1.86. The van der Waals surface area contributed by atoms with E-state index in [0.29, 0.717) is 0 Å². The molecule has 0 unspecified atom stereocenters. The van der Waals surface area contributed by atoms with Crippen molar-refractivity contribution in [3.05, 3.63) is 48.0 Å². The molecule has 0 aliphatic heterocycles. The minimum absolute atomic E-state index is 0.848. The number of anilines is 3. The van der Waals surface area contributed by atoms with Gasteiger partial charge >= 0.3 is 0 Å². The van der Waals surface area contributed by atoms with E-state index in [0.717, 1.165) is 23.7 Å². The highest BCUT2D eigenvalue weighted by Gasteiger charge is 1.97. The number of nitrogens with zero attached hydrogens (tertiary/aromatic N) is 1. The number of pyridine rings is 1. The lowest BCUT2D eigenvalue weighted by molar-refractivity contribution is 1.14. The third kappa shape index (κ3) is 2.97. The normalized spacial score (nSPS) is 10.0. The Balaban J connectivity index is 2.13. The zero-order valence-corrected chi connectivity index (χ0v) is 10.2. The average Bonchev–Trinajstić information content (AvgIpc) is 2.40. The van der Waals surface area contributed by atoms with Crippen molar-refractivity contribution in [1.29, 1.82) is 0 Å². The maximum Gasteiger partial charge on any atom is 0.132 e. The van der Waals surface area contributed by atoms with Gasteiger partial charge < -0.3 is 10.6 Å². The summed E-state index contributed by atoms with van der Waals surface area (Å²) in [6, 6.07) is 14.3. The van der Waals surface area contributed by atoms with E-state index >= 15 is 0 Å². The first-order chi connectivity index (χ1) is 8.31. The Morgan fingerprint density at radius 3 is 2.35 bits per heavy atom. The van der Waals surface area contributed by atoms with E-state index < -0.39 is 0 Å². The van der Waals surface area contributed by atoms with Gasteiger partial charge in [-0.1, -0.05) is 25.1 Å². The first-order valence-corrected chi connectivity index (χ1v) is 5.82. The highest BCUT2D eigenvalue weighted by Crippen LogP contribution is 2.16. The molecular formula is C14H17N3. The maximum absolute atomic E-state index is 4.41. The number of aryl methyl sites for hydroxylation is 1. The number of hydrogen-bond donors (Lipinski definition) is 2. The van der Waals surface area contributed by atoms with Crippen LogP contribution in [0.3, 0.4) is 0 Å². The van der Waals surface area contributed by atoms with Gasteiger partial charge in [0.1, 0.15) is 11.6 Å². The van der Waals surface area contributed by atoms with Crippen molar-refractivity contribution in [2.75, 3.05) is 17.7 Å². The van der Waals surface area contributed by atoms with Gasteiger partial charge in [-0.3, -0.25) is 0 Å². The second-order valence-electron chi connectivity index (χ2n) is 3.83. The largest absolute Gasteiger partial charge is 0.373 e. The van der Waals surface area contributed by atoms with Crippen LogP contribution in [0.25, 0.3) is 0 Å². The molecule has 0 amide bonds. The average molecular weight is 227 g/mol. The molecule has 1 aromatic carbocycles. The van der Waals surface area contributed by atoms with E-state index in [1.807, 2.05) is 25.2 Å². The van der Waals surface area contributed by atoms with Crippen molar-refractivity contribution in [3.8, 4) is 0 Å². The summed E-state index contributed by atoms with van der Waals surface area (Å²) in [5.74, 6) is 1.71. The summed E-state index contributed by atoms with van der Waals surface area (Å²) in [6.45, 7) is 2.15. The smallest absolute Gasteiger partial charge is 0.132 e. The molecule has 0 saturated heterocycles. The van der Waals surface area contributed by atoms with Crippen molar-refractivity contribution < 1.29 is 0 Å². The molecule has 1 heterocycles. The molecule has 0 spiro atoms. The number of hydrogen-bond acceptors (Lipinski definition) is 3. The van der Waals surface area contributed by atoms with Gasteiger partial charge in [0.25, 0.3) is 0 Å². The summed E-state index contributed by atoms with van der Waals surface area (Å²) in [4.78, 5) is 4.41. The second-order valence-corrected chi connectivity index (χ2v) is 3.83. The van der Waals surface area contributed by atoms with Crippen molar-refractivity contribution >= 4 is 17.3 Å². The van der Waals surface area contributed by atoms with Crippen LogP contribution in [-0.2, 0) is 6.42 Å². The summed E-state index contributed by atoms with van der Waals surface area (Å²) >= 11 is 0.